The first-order valence-corrected chi connectivity index (χ1v) is 6.05. The van der Waals surface area contributed by atoms with E-state index >= 15 is 0 Å². The minimum atomic E-state index is 0.572. The lowest BCUT2D eigenvalue weighted by atomic mass is 10.0. The second-order valence-electron chi connectivity index (χ2n) is 4.54. The lowest BCUT2D eigenvalue weighted by Crippen LogP contribution is -2.29. The van der Waals surface area contributed by atoms with E-state index in [1.807, 2.05) is 0 Å². The number of hydrogen-bond donors (Lipinski definition) is 0. The van der Waals surface area contributed by atoms with Crippen LogP contribution in [-0.2, 0) is 4.74 Å². The Morgan fingerprint density at radius 2 is 2.14 bits per heavy atom. The van der Waals surface area contributed by atoms with Gasteiger partial charge in [-0.05, 0) is 58.5 Å². The Morgan fingerprint density at radius 3 is 2.86 bits per heavy atom. The minimum absolute atomic E-state index is 0.572. The van der Waals surface area contributed by atoms with E-state index in [-0.39, 0.29) is 0 Å². The third kappa shape index (κ3) is 2.48. The van der Waals surface area contributed by atoms with Crippen molar-refractivity contribution < 1.29 is 4.74 Å². The zero-order valence-corrected chi connectivity index (χ0v) is 9.08. The van der Waals surface area contributed by atoms with E-state index in [1.54, 1.807) is 0 Å². The van der Waals surface area contributed by atoms with Gasteiger partial charge in [0.15, 0.2) is 0 Å². The zero-order chi connectivity index (χ0) is 9.80. The van der Waals surface area contributed by atoms with Gasteiger partial charge in [-0.3, -0.25) is 0 Å². The van der Waals surface area contributed by atoms with Crippen molar-refractivity contribution in [3.63, 3.8) is 0 Å². The highest BCUT2D eigenvalue weighted by Crippen LogP contribution is 2.24. The molecular formula is C12H22NO. The van der Waals surface area contributed by atoms with E-state index < -0.39 is 0 Å². The number of hydrogen-bond acceptors (Lipinski definition) is 2. The zero-order valence-electron chi connectivity index (χ0n) is 9.08. The SMILES string of the molecule is [CH2]CN1CCCC1CCC1CCCO1. The van der Waals surface area contributed by atoms with Crippen molar-refractivity contribution in [2.24, 2.45) is 0 Å². The van der Waals surface area contributed by atoms with Gasteiger partial charge in [-0.2, -0.15) is 0 Å². The molecule has 2 aliphatic heterocycles. The van der Waals surface area contributed by atoms with E-state index in [0.717, 1.165) is 19.2 Å². The third-order valence-corrected chi connectivity index (χ3v) is 3.63. The second kappa shape index (κ2) is 5.13. The van der Waals surface area contributed by atoms with Gasteiger partial charge >= 0.3 is 0 Å². The topological polar surface area (TPSA) is 12.5 Å². The fraction of sp³-hybridized carbons (Fsp3) is 0.917. The molecule has 0 saturated carbocycles. The Morgan fingerprint density at radius 1 is 1.21 bits per heavy atom. The molecule has 0 amide bonds. The van der Waals surface area contributed by atoms with Crippen molar-refractivity contribution in [2.75, 3.05) is 19.7 Å². The minimum Gasteiger partial charge on any atom is -0.378 e. The monoisotopic (exact) mass is 196 g/mol. The van der Waals surface area contributed by atoms with Crippen LogP contribution in [0.5, 0.6) is 0 Å². The lowest BCUT2D eigenvalue weighted by Gasteiger charge is -2.23. The fourth-order valence-electron chi connectivity index (χ4n) is 2.77. The van der Waals surface area contributed by atoms with Crippen molar-refractivity contribution in [1.29, 1.82) is 0 Å². The molecule has 2 atom stereocenters. The van der Waals surface area contributed by atoms with Crippen LogP contribution in [0.3, 0.4) is 0 Å². The molecule has 0 N–H and O–H groups in total. The molecule has 2 unspecified atom stereocenters. The summed E-state index contributed by atoms with van der Waals surface area (Å²) in [6, 6.07) is 0.802. The summed E-state index contributed by atoms with van der Waals surface area (Å²) in [4.78, 5) is 2.52. The molecule has 0 aliphatic carbocycles. The first-order valence-electron chi connectivity index (χ1n) is 6.05. The van der Waals surface area contributed by atoms with Crippen LogP contribution in [0.4, 0.5) is 0 Å². The normalized spacial score (nSPS) is 34.1. The van der Waals surface area contributed by atoms with E-state index in [9.17, 15) is 0 Å². The van der Waals surface area contributed by atoms with Crippen LogP contribution in [0.15, 0.2) is 0 Å². The number of nitrogens with zero attached hydrogens (tertiary/aromatic N) is 1. The predicted octanol–water partition coefficient (Wildman–Crippen LogP) is 2.24. The maximum Gasteiger partial charge on any atom is 0.0576 e. The van der Waals surface area contributed by atoms with Gasteiger partial charge in [-0.1, -0.05) is 0 Å². The molecule has 14 heavy (non-hydrogen) atoms. The molecule has 1 radical (unpaired) electrons. The van der Waals surface area contributed by atoms with Crippen LogP contribution in [0.25, 0.3) is 0 Å². The summed E-state index contributed by atoms with van der Waals surface area (Å²) in [5.41, 5.74) is 0. The molecule has 2 aliphatic rings. The first kappa shape index (κ1) is 10.4. The summed E-state index contributed by atoms with van der Waals surface area (Å²) < 4.78 is 5.65. The van der Waals surface area contributed by atoms with Crippen LogP contribution in [0.1, 0.15) is 38.5 Å². The van der Waals surface area contributed by atoms with Crippen molar-refractivity contribution in [3.8, 4) is 0 Å². The molecule has 2 heteroatoms. The fourth-order valence-corrected chi connectivity index (χ4v) is 2.77. The summed E-state index contributed by atoms with van der Waals surface area (Å²) in [6.07, 6.45) is 8.46. The number of ether oxygens (including phenoxy) is 1. The Hall–Kier alpha value is -0.0800. The van der Waals surface area contributed by atoms with Gasteiger partial charge in [0.05, 0.1) is 6.10 Å². The van der Waals surface area contributed by atoms with Gasteiger partial charge in [-0.15, -0.1) is 0 Å². The molecular weight excluding hydrogens is 174 g/mol. The molecule has 2 rings (SSSR count). The van der Waals surface area contributed by atoms with Crippen LogP contribution in [0.2, 0.25) is 0 Å². The molecule has 0 bridgehead atoms. The molecule has 0 aromatic rings. The summed E-state index contributed by atoms with van der Waals surface area (Å²) in [5.74, 6) is 0. The van der Waals surface area contributed by atoms with Gasteiger partial charge in [0, 0.05) is 12.6 Å². The molecule has 2 heterocycles. The Bertz CT molecular complexity index is 166. The average molecular weight is 196 g/mol. The molecule has 81 valence electrons. The predicted molar refractivity (Wildman–Crippen MR) is 58.2 cm³/mol. The molecule has 2 saturated heterocycles. The highest BCUT2D eigenvalue weighted by Gasteiger charge is 2.24. The van der Waals surface area contributed by atoms with Crippen molar-refractivity contribution in [3.05, 3.63) is 6.92 Å². The van der Waals surface area contributed by atoms with Gasteiger partial charge in [0.2, 0.25) is 0 Å². The summed E-state index contributed by atoms with van der Waals surface area (Å²) in [5, 5.41) is 0. The Kier molecular flexibility index (Phi) is 3.82. The van der Waals surface area contributed by atoms with E-state index in [1.165, 1.54) is 45.1 Å². The molecule has 2 nitrogen and oxygen atoms in total. The highest BCUT2D eigenvalue weighted by molar-refractivity contribution is 4.81. The standard InChI is InChI=1S/C12H22NO/c1-2-13-9-3-5-11(13)7-8-12-6-4-10-14-12/h11-12H,1-10H2. The Balaban J connectivity index is 1.68. The average Bonchev–Trinajstić information content (AvgIpc) is 2.85. The molecule has 0 spiro atoms. The van der Waals surface area contributed by atoms with Crippen LogP contribution >= 0.6 is 0 Å². The largest absolute Gasteiger partial charge is 0.378 e. The summed E-state index contributed by atoms with van der Waals surface area (Å²) in [6.45, 7) is 7.23. The summed E-state index contributed by atoms with van der Waals surface area (Å²) in [7, 11) is 0. The van der Waals surface area contributed by atoms with Crippen molar-refractivity contribution >= 4 is 0 Å². The summed E-state index contributed by atoms with van der Waals surface area (Å²) >= 11 is 0. The van der Waals surface area contributed by atoms with E-state index in [0.29, 0.717) is 6.10 Å². The smallest absolute Gasteiger partial charge is 0.0576 e. The maximum atomic E-state index is 5.65. The quantitative estimate of drug-likeness (QED) is 0.684. The number of likely N-dealkylation sites (tertiary alicyclic amines) is 1. The van der Waals surface area contributed by atoms with Crippen LogP contribution in [0, 0.1) is 6.92 Å². The van der Waals surface area contributed by atoms with E-state index in [2.05, 4.69) is 11.8 Å². The van der Waals surface area contributed by atoms with Gasteiger partial charge in [0.1, 0.15) is 0 Å². The van der Waals surface area contributed by atoms with Crippen LogP contribution < -0.4 is 0 Å². The lowest BCUT2D eigenvalue weighted by molar-refractivity contribution is 0.0949. The molecule has 2 fully saturated rings. The maximum absolute atomic E-state index is 5.65. The number of rotatable bonds is 4. The first-order chi connectivity index (χ1) is 6.90. The van der Waals surface area contributed by atoms with E-state index in [4.69, 9.17) is 4.74 Å². The van der Waals surface area contributed by atoms with Crippen molar-refractivity contribution in [1.82, 2.24) is 4.90 Å². The molecule has 0 aromatic carbocycles. The van der Waals surface area contributed by atoms with Crippen LogP contribution in [-0.4, -0.2) is 36.7 Å². The van der Waals surface area contributed by atoms with Gasteiger partial charge < -0.3 is 9.64 Å². The van der Waals surface area contributed by atoms with Crippen molar-refractivity contribution in [2.45, 2.75) is 50.7 Å². The van der Waals surface area contributed by atoms with Gasteiger partial charge in [-0.25, -0.2) is 0 Å². The highest BCUT2D eigenvalue weighted by atomic mass is 16.5. The second-order valence-corrected chi connectivity index (χ2v) is 4.54. The third-order valence-electron chi connectivity index (χ3n) is 3.63. The Labute approximate surface area is 87.6 Å². The molecule has 0 aromatic heterocycles. The van der Waals surface area contributed by atoms with Gasteiger partial charge in [0.25, 0.3) is 0 Å².